The number of aliphatic hydroxyl groups is 3. The van der Waals surface area contributed by atoms with E-state index < -0.39 is 48.4 Å². The summed E-state index contributed by atoms with van der Waals surface area (Å²) in [6.07, 6.45) is -3.65. The summed E-state index contributed by atoms with van der Waals surface area (Å²) in [5.74, 6) is 0. The second-order valence-electron chi connectivity index (χ2n) is 4.78. The topological polar surface area (TPSA) is 151 Å². The maximum atomic E-state index is 11.8. The highest BCUT2D eigenvalue weighted by Crippen LogP contribution is 2.25. The third kappa shape index (κ3) is 2.41. The second kappa shape index (κ2) is 5.46. The molecule has 9 heteroatoms. The van der Waals surface area contributed by atoms with Crippen LogP contribution in [-0.4, -0.2) is 55.8 Å². The predicted molar refractivity (Wildman–Crippen MR) is 67.0 cm³/mol. The number of aromatic nitrogens is 2. The van der Waals surface area contributed by atoms with Crippen molar-refractivity contribution < 1.29 is 20.1 Å². The van der Waals surface area contributed by atoms with Gasteiger partial charge in [0.2, 0.25) is 0 Å². The fraction of sp³-hybridized carbons (Fsp3) is 0.636. The number of rotatable bonds is 2. The number of H-pyrrole nitrogens is 1. The van der Waals surface area contributed by atoms with Crippen molar-refractivity contribution in [3.8, 4) is 0 Å². The SMILES string of the molecule is Cc1cn([C@H]2O[C@@H](CO)[C@@H](O)[C@@H](O)[C@@H]2N)c(=O)[nH]c1=O. The Balaban J connectivity index is 2.44. The highest BCUT2D eigenvalue weighted by atomic mass is 16.5. The van der Waals surface area contributed by atoms with Gasteiger partial charge in [0.1, 0.15) is 18.3 Å². The monoisotopic (exact) mass is 287 g/mol. The molecule has 1 aromatic rings. The Bertz CT molecular complexity index is 595. The minimum Gasteiger partial charge on any atom is -0.394 e. The zero-order chi connectivity index (χ0) is 15.0. The summed E-state index contributed by atoms with van der Waals surface area (Å²) >= 11 is 0. The van der Waals surface area contributed by atoms with E-state index in [4.69, 9.17) is 15.6 Å². The number of nitrogens with two attached hydrogens (primary N) is 1. The fourth-order valence-electron chi connectivity index (χ4n) is 2.14. The molecule has 0 amide bonds. The Hall–Kier alpha value is -1.52. The molecule has 1 aliphatic rings. The fourth-order valence-corrected chi connectivity index (χ4v) is 2.14. The van der Waals surface area contributed by atoms with E-state index >= 15 is 0 Å². The summed E-state index contributed by atoms with van der Waals surface area (Å²) in [4.78, 5) is 25.2. The first-order valence-corrected chi connectivity index (χ1v) is 6.07. The molecule has 20 heavy (non-hydrogen) atoms. The molecule has 0 aliphatic carbocycles. The van der Waals surface area contributed by atoms with Crippen LogP contribution in [-0.2, 0) is 4.74 Å². The van der Waals surface area contributed by atoms with Crippen LogP contribution in [0.25, 0.3) is 0 Å². The molecular formula is C11H17N3O6. The highest BCUT2D eigenvalue weighted by Gasteiger charge is 2.43. The van der Waals surface area contributed by atoms with Gasteiger partial charge in [-0.2, -0.15) is 0 Å². The zero-order valence-electron chi connectivity index (χ0n) is 10.8. The van der Waals surface area contributed by atoms with Crippen LogP contribution < -0.4 is 17.0 Å². The van der Waals surface area contributed by atoms with Crippen LogP contribution in [0, 0.1) is 6.92 Å². The minimum absolute atomic E-state index is 0.265. The van der Waals surface area contributed by atoms with Crippen LogP contribution in [0.1, 0.15) is 11.8 Å². The van der Waals surface area contributed by atoms with Crippen molar-refractivity contribution in [2.24, 2.45) is 5.73 Å². The minimum atomic E-state index is -1.37. The quantitative estimate of drug-likeness (QED) is 0.384. The van der Waals surface area contributed by atoms with Crippen molar-refractivity contribution in [3.63, 3.8) is 0 Å². The van der Waals surface area contributed by atoms with E-state index in [1.807, 2.05) is 0 Å². The van der Waals surface area contributed by atoms with Crippen LogP contribution in [0.15, 0.2) is 15.8 Å². The Morgan fingerprint density at radius 1 is 1.40 bits per heavy atom. The Morgan fingerprint density at radius 3 is 2.65 bits per heavy atom. The average Bonchev–Trinajstić information content (AvgIpc) is 2.41. The lowest BCUT2D eigenvalue weighted by Gasteiger charge is -2.41. The highest BCUT2D eigenvalue weighted by molar-refractivity contribution is 5.03. The van der Waals surface area contributed by atoms with Gasteiger partial charge in [0.25, 0.3) is 5.56 Å². The largest absolute Gasteiger partial charge is 0.394 e. The molecule has 0 bridgehead atoms. The average molecular weight is 287 g/mol. The van der Waals surface area contributed by atoms with Crippen molar-refractivity contribution >= 4 is 0 Å². The van der Waals surface area contributed by atoms with E-state index in [0.717, 1.165) is 4.57 Å². The number of hydrogen-bond donors (Lipinski definition) is 5. The molecule has 9 nitrogen and oxygen atoms in total. The molecule has 112 valence electrons. The van der Waals surface area contributed by atoms with Gasteiger partial charge in [0, 0.05) is 11.8 Å². The number of ether oxygens (including phenoxy) is 1. The standard InChI is InChI=1S/C11H17N3O6/c1-4-2-14(11(19)13-9(4)18)10-6(12)8(17)7(16)5(3-15)20-10/h2,5-8,10,15-17H,3,12H2,1H3,(H,13,18,19)/t5-,6-,7+,8-,10-/m0/s1. The molecule has 5 atom stereocenters. The molecule has 0 aromatic carbocycles. The van der Waals surface area contributed by atoms with Crippen LogP contribution in [0.5, 0.6) is 0 Å². The Morgan fingerprint density at radius 2 is 2.05 bits per heavy atom. The van der Waals surface area contributed by atoms with Crippen LogP contribution >= 0.6 is 0 Å². The lowest BCUT2D eigenvalue weighted by molar-refractivity contribution is -0.211. The van der Waals surface area contributed by atoms with Gasteiger partial charge in [0.15, 0.2) is 6.23 Å². The molecule has 1 aliphatic heterocycles. The molecule has 0 saturated carbocycles. The van der Waals surface area contributed by atoms with E-state index in [2.05, 4.69) is 4.98 Å². The maximum absolute atomic E-state index is 11.8. The number of aliphatic hydroxyl groups excluding tert-OH is 3. The van der Waals surface area contributed by atoms with Crippen molar-refractivity contribution in [3.05, 3.63) is 32.6 Å². The number of hydrogen-bond acceptors (Lipinski definition) is 7. The van der Waals surface area contributed by atoms with Crippen molar-refractivity contribution in [1.29, 1.82) is 0 Å². The van der Waals surface area contributed by atoms with Gasteiger partial charge in [-0.15, -0.1) is 0 Å². The molecule has 0 spiro atoms. The molecule has 1 fully saturated rings. The molecule has 1 saturated heterocycles. The van der Waals surface area contributed by atoms with Crippen molar-refractivity contribution in [1.82, 2.24) is 9.55 Å². The van der Waals surface area contributed by atoms with E-state index in [0.29, 0.717) is 0 Å². The molecule has 2 rings (SSSR count). The van der Waals surface area contributed by atoms with Crippen molar-refractivity contribution in [2.45, 2.75) is 37.5 Å². The van der Waals surface area contributed by atoms with E-state index in [-0.39, 0.29) is 5.56 Å². The lowest BCUT2D eigenvalue weighted by Crippen LogP contribution is -2.61. The van der Waals surface area contributed by atoms with Gasteiger partial charge in [-0.1, -0.05) is 0 Å². The summed E-state index contributed by atoms with van der Waals surface area (Å²) in [6, 6.07) is -1.09. The Kier molecular flexibility index (Phi) is 4.06. The third-order valence-electron chi connectivity index (χ3n) is 3.37. The van der Waals surface area contributed by atoms with Gasteiger partial charge >= 0.3 is 5.69 Å². The van der Waals surface area contributed by atoms with Gasteiger partial charge in [0.05, 0.1) is 12.6 Å². The Labute approximate surface area is 113 Å². The number of aryl methyl sites for hydroxylation is 1. The third-order valence-corrected chi connectivity index (χ3v) is 3.37. The van der Waals surface area contributed by atoms with Gasteiger partial charge in [-0.05, 0) is 6.92 Å². The molecular weight excluding hydrogens is 270 g/mol. The smallest absolute Gasteiger partial charge is 0.330 e. The number of nitrogens with zero attached hydrogens (tertiary/aromatic N) is 1. The first-order valence-electron chi connectivity index (χ1n) is 6.07. The summed E-state index contributed by atoms with van der Waals surface area (Å²) in [6.45, 7) is 0.955. The van der Waals surface area contributed by atoms with Crippen LogP contribution in [0.3, 0.4) is 0 Å². The summed E-state index contributed by atoms with van der Waals surface area (Å²) in [7, 11) is 0. The van der Waals surface area contributed by atoms with Crippen molar-refractivity contribution in [2.75, 3.05) is 6.61 Å². The first-order chi connectivity index (χ1) is 9.36. The second-order valence-corrected chi connectivity index (χ2v) is 4.78. The summed E-state index contributed by atoms with van der Waals surface area (Å²) in [5.41, 5.74) is 4.73. The van der Waals surface area contributed by atoms with E-state index in [1.165, 1.54) is 13.1 Å². The maximum Gasteiger partial charge on any atom is 0.330 e. The lowest BCUT2D eigenvalue weighted by atomic mass is 9.97. The van der Waals surface area contributed by atoms with E-state index in [1.54, 1.807) is 0 Å². The molecule has 1 aromatic heterocycles. The van der Waals surface area contributed by atoms with Crippen LogP contribution in [0.2, 0.25) is 0 Å². The molecule has 0 unspecified atom stereocenters. The van der Waals surface area contributed by atoms with Gasteiger partial charge in [-0.3, -0.25) is 14.3 Å². The summed E-state index contributed by atoms with van der Waals surface area (Å²) in [5, 5.41) is 28.6. The normalized spacial score (nSPS) is 34.1. The number of nitrogens with one attached hydrogen (secondary N) is 1. The predicted octanol–water partition coefficient (Wildman–Crippen LogP) is -3.22. The first kappa shape index (κ1) is 14.9. The summed E-state index contributed by atoms with van der Waals surface area (Å²) < 4.78 is 6.38. The molecule has 0 radical (unpaired) electrons. The molecule has 2 heterocycles. The van der Waals surface area contributed by atoms with Gasteiger partial charge < -0.3 is 25.8 Å². The van der Waals surface area contributed by atoms with E-state index in [9.17, 15) is 19.8 Å². The number of aromatic amines is 1. The zero-order valence-corrected chi connectivity index (χ0v) is 10.8. The van der Waals surface area contributed by atoms with Crippen LogP contribution in [0.4, 0.5) is 0 Å². The molecule has 6 N–H and O–H groups in total. The van der Waals surface area contributed by atoms with Gasteiger partial charge in [-0.25, -0.2) is 4.79 Å².